The van der Waals surface area contributed by atoms with Crippen LogP contribution in [0.15, 0.2) is 18.5 Å². The van der Waals surface area contributed by atoms with Crippen molar-refractivity contribution in [3.8, 4) is 0 Å². The van der Waals surface area contributed by atoms with Gasteiger partial charge in [-0.15, -0.1) is 0 Å². The zero-order chi connectivity index (χ0) is 7.03. The first kappa shape index (κ1) is 5.92. The summed E-state index contributed by atoms with van der Waals surface area (Å²) in [5.74, 6) is 0. The Morgan fingerprint density at radius 1 is 1.60 bits per heavy atom. The minimum atomic E-state index is 0.0754. The molecule has 1 saturated carbocycles. The van der Waals surface area contributed by atoms with E-state index in [1.807, 2.05) is 16.9 Å². The van der Waals surface area contributed by atoms with Gasteiger partial charge in [0.1, 0.15) is 0 Å². The van der Waals surface area contributed by atoms with E-state index in [1.165, 1.54) is 0 Å². The molecule has 1 fully saturated rings. The average molecular weight is 137 g/mol. The van der Waals surface area contributed by atoms with E-state index in [4.69, 9.17) is 5.73 Å². The zero-order valence-corrected chi connectivity index (χ0v) is 5.83. The number of aromatic nitrogens is 2. The minimum Gasteiger partial charge on any atom is -0.324 e. The van der Waals surface area contributed by atoms with Crippen LogP contribution >= 0.6 is 0 Å². The third-order valence-electron chi connectivity index (χ3n) is 1.93. The number of hydrogen-bond acceptors (Lipinski definition) is 2. The monoisotopic (exact) mass is 137 g/mol. The lowest BCUT2D eigenvalue weighted by molar-refractivity contribution is 0.500. The summed E-state index contributed by atoms with van der Waals surface area (Å²) in [7, 11) is 0. The molecule has 0 aromatic carbocycles. The van der Waals surface area contributed by atoms with E-state index in [2.05, 4.69) is 5.10 Å². The summed E-state index contributed by atoms with van der Waals surface area (Å²) in [6.45, 7) is 0.875. The summed E-state index contributed by atoms with van der Waals surface area (Å²) in [4.78, 5) is 0. The molecule has 0 bridgehead atoms. The van der Waals surface area contributed by atoms with E-state index in [0.717, 1.165) is 19.4 Å². The lowest BCUT2D eigenvalue weighted by atomic mass is 10.3. The van der Waals surface area contributed by atoms with Gasteiger partial charge in [-0.05, 0) is 18.9 Å². The first-order chi connectivity index (χ1) is 4.79. The smallest absolute Gasteiger partial charge is 0.0589 e. The van der Waals surface area contributed by atoms with E-state index in [1.54, 1.807) is 6.20 Å². The second-order valence-corrected chi connectivity index (χ2v) is 3.07. The van der Waals surface area contributed by atoms with E-state index < -0.39 is 0 Å². The van der Waals surface area contributed by atoms with Crippen molar-refractivity contribution in [1.29, 1.82) is 0 Å². The van der Waals surface area contributed by atoms with Gasteiger partial charge in [0.15, 0.2) is 0 Å². The first-order valence-corrected chi connectivity index (χ1v) is 3.55. The van der Waals surface area contributed by atoms with Gasteiger partial charge in [-0.3, -0.25) is 4.68 Å². The van der Waals surface area contributed by atoms with Crippen molar-refractivity contribution in [3.63, 3.8) is 0 Å². The summed E-state index contributed by atoms with van der Waals surface area (Å²) in [6.07, 6.45) is 6.03. The zero-order valence-electron chi connectivity index (χ0n) is 5.83. The molecule has 0 radical (unpaired) electrons. The third kappa shape index (κ3) is 1.04. The molecule has 10 heavy (non-hydrogen) atoms. The van der Waals surface area contributed by atoms with Crippen molar-refractivity contribution in [2.24, 2.45) is 5.73 Å². The van der Waals surface area contributed by atoms with Crippen LogP contribution in [0.1, 0.15) is 12.8 Å². The van der Waals surface area contributed by atoms with Gasteiger partial charge in [-0.2, -0.15) is 5.10 Å². The third-order valence-corrected chi connectivity index (χ3v) is 1.93. The molecule has 0 spiro atoms. The number of nitrogens with two attached hydrogens (primary N) is 1. The van der Waals surface area contributed by atoms with Crippen LogP contribution in [-0.4, -0.2) is 15.3 Å². The molecule has 1 heterocycles. The van der Waals surface area contributed by atoms with Crippen molar-refractivity contribution < 1.29 is 0 Å². The van der Waals surface area contributed by atoms with E-state index in [0.29, 0.717) is 0 Å². The Hall–Kier alpha value is -0.830. The molecule has 1 aliphatic carbocycles. The van der Waals surface area contributed by atoms with Crippen molar-refractivity contribution in [3.05, 3.63) is 18.5 Å². The van der Waals surface area contributed by atoms with E-state index in [-0.39, 0.29) is 5.54 Å². The van der Waals surface area contributed by atoms with Crippen LogP contribution in [0.3, 0.4) is 0 Å². The van der Waals surface area contributed by atoms with Crippen molar-refractivity contribution in [2.45, 2.75) is 24.9 Å². The summed E-state index contributed by atoms with van der Waals surface area (Å²) in [5, 5.41) is 4.08. The van der Waals surface area contributed by atoms with Gasteiger partial charge in [-0.25, -0.2) is 0 Å². The van der Waals surface area contributed by atoms with Crippen molar-refractivity contribution >= 4 is 0 Å². The predicted molar refractivity (Wildman–Crippen MR) is 38.4 cm³/mol. The van der Waals surface area contributed by atoms with Gasteiger partial charge in [0.25, 0.3) is 0 Å². The van der Waals surface area contributed by atoms with Gasteiger partial charge < -0.3 is 5.73 Å². The van der Waals surface area contributed by atoms with Gasteiger partial charge >= 0.3 is 0 Å². The SMILES string of the molecule is NC1(Cn2cccn2)CC1. The lowest BCUT2D eigenvalue weighted by Gasteiger charge is -2.06. The maximum Gasteiger partial charge on any atom is 0.0589 e. The van der Waals surface area contributed by atoms with Crippen LogP contribution in [0, 0.1) is 0 Å². The molecule has 3 heteroatoms. The highest BCUT2D eigenvalue weighted by Crippen LogP contribution is 2.33. The second-order valence-electron chi connectivity index (χ2n) is 3.07. The molecule has 1 aromatic rings. The number of hydrogen-bond donors (Lipinski definition) is 1. The molecule has 1 aliphatic rings. The van der Waals surface area contributed by atoms with Crippen LogP contribution in [0.4, 0.5) is 0 Å². The summed E-state index contributed by atoms with van der Waals surface area (Å²) < 4.78 is 1.90. The topological polar surface area (TPSA) is 43.8 Å². The minimum absolute atomic E-state index is 0.0754. The van der Waals surface area contributed by atoms with Crippen LogP contribution in [0.5, 0.6) is 0 Å². The maximum atomic E-state index is 5.88. The normalized spacial score (nSPS) is 20.9. The summed E-state index contributed by atoms with van der Waals surface area (Å²) in [5.41, 5.74) is 5.95. The lowest BCUT2D eigenvalue weighted by Crippen LogP contribution is -2.28. The molecule has 0 unspecified atom stereocenters. The summed E-state index contributed by atoms with van der Waals surface area (Å²) >= 11 is 0. The highest BCUT2D eigenvalue weighted by atomic mass is 15.3. The Morgan fingerprint density at radius 3 is 2.90 bits per heavy atom. The quantitative estimate of drug-likeness (QED) is 0.640. The highest BCUT2D eigenvalue weighted by Gasteiger charge is 2.38. The molecule has 3 nitrogen and oxygen atoms in total. The maximum absolute atomic E-state index is 5.88. The Morgan fingerprint density at radius 2 is 2.40 bits per heavy atom. The van der Waals surface area contributed by atoms with Gasteiger partial charge in [0, 0.05) is 17.9 Å². The molecular weight excluding hydrogens is 126 g/mol. The van der Waals surface area contributed by atoms with Crippen LogP contribution in [0.25, 0.3) is 0 Å². The fourth-order valence-electron chi connectivity index (χ4n) is 1.04. The second kappa shape index (κ2) is 1.83. The fraction of sp³-hybridized carbons (Fsp3) is 0.571. The molecule has 54 valence electrons. The van der Waals surface area contributed by atoms with Crippen molar-refractivity contribution in [2.75, 3.05) is 0 Å². The fourth-order valence-corrected chi connectivity index (χ4v) is 1.04. The van der Waals surface area contributed by atoms with Gasteiger partial charge in [0.2, 0.25) is 0 Å². The Bertz CT molecular complexity index is 211. The van der Waals surface area contributed by atoms with E-state index >= 15 is 0 Å². The number of nitrogens with zero attached hydrogens (tertiary/aromatic N) is 2. The Labute approximate surface area is 59.8 Å². The Balaban J connectivity index is 2.04. The predicted octanol–water partition coefficient (Wildman–Crippen LogP) is 0.374. The largest absolute Gasteiger partial charge is 0.324 e. The molecule has 0 saturated heterocycles. The molecule has 1 aromatic heterocycles. The molecule has 2 N–H and O–H groups in total. The molecule has 0 amide bonds. The van der Waals surface area contributed by atoms with Crippen molar-refractivity contribution in [1.82, 2.24) is 9.78 Å². The number of rotatable bonds is 2. The Kier molecular flexibility index (Phi) is 1.08. The van der Waals surface area contributed by atoms with E-state index in [9.17, 15) is 0 Å². The molecule has 2 rings (SSSR count). The standard InChI is InChI=1S/C7H11N3/c8-7(2-3-7)6-10-5-1-4-9-10/h1,4-5H,2-3,6,8H2. The first-order valence-electron chi connectivity index (χ1n) is 3.55. The molecule has 0 atom stereocenters. The van der Waals surface area contributed by atoms with Crippen LogP contribution in [0.2, 0.25) is 0 Å². The van der Waals surface area contributed by atoms with Crippen LogP contribution < -0.4 is 5.73 Å². The molecular formula is C7H11N3. The van der Waals surface area contributed by atoms with Gasteiger partial charge in [0.05, 0.1) is 6.54 Å². The summed E-state index contributed by atoms with van der Waals surface area (Å²) in [6, 6.07) is 1.92. The highest BCUT2D eigenvalue weighted by molar-refractivity contribution is 4.98. The molecule has 0 aliphatic heterocycles. The average Bonchev–Trinajstić information content (AvgIpc) is 2.47. The van der Waals surface area contributed by atoms with Crippen LogP contribution in [-0.2, 0) is 6.54 Å². The van der Waals surface area contributed by atoms with Gasteiger partial charge in [-0.1, -0.05) is 0 Å².